The molecule has 5 heteroatoms. The molecule has 0 fully saturated rings. The number of nitrogens with zero attached hydrogens (tertiary/aromatic N) is 4. The number of hydrogen-bond acceptors (Lipinski definition) is 4. The van der Waals surface area contributed by atoms with Gasteiger partial charge in [-0.25, -0.2) is 9.97 Å². The Labute approximate surface area is 97.6 Å². The lowest BCUT2D eigenvalue weighted by Gasteiger charge is -2.00. The molecule has 82 valence electrons. The van der Waals surface area contributed by atoms with Crippen LogP contribution in [-0.2, 0) is 0 Å². The van der Waals surface area contributed by atoms with Crippen LogP contribution in [-0.4, -0.2) is 25.1 Å². The van der Waals surface area contributed by atoms with Gasteiger partial charge in [-0.2, -0.15) is 5.10 Å². The molecule has 0 aromatic carbocycles. The Balaban J connectivity index is 2.13. The fraction of sp³-hybridized carbons (Fsp3) is 0. The van der Waals surface area contributed by atoms with E-state index in [1.807, 2.05) is 24.4 Å². The van der Waals surface area contributed by atoms with Crippen LogP contribution in [0, 0.1) is 0 Å². The SMILES string of the molecule is c1cncc(-c2n[nH]cc2-c2ccncn2)c1. The van der Waals surface area contributed by atoms with Crippen molar-refractivity contribution in [3.8, 4) is 22.5 Å². The molecular formula is C12H9N5. The summed E-state index contributed by atoms with van der Waals surface area (Å²) in [5.41, 5.74) is 3.59. The Morgan fingerprint density at radius 1 is 1.06 bits per heavy atom. The summed E-state index contributed by atoms with van der Waals surface area (Å²) in [6.07, 6.45) is 8.57. The predicted molar refractivity (Wildman–Crippen MR) is 62.8 cm³/mol. The highest BCUT2D eigenvalue weighted by molar-refractivity contribution is 5.77. The average Bonchev–Trinajstić information content (AvgIpc) is 2.90. The van der Waals surface area contributed by atoms with Gasteiger partial charge in [0.2, 0.25) is 0 Å². The van der Waals surface area contributed by atoms with Crippen molar-refractivity contribution >= 4 is 0 Å². The Hall–Kier alpha value is -2.56. The summed E-state index contributed by atoms with van der Waals surface area (Å²) in [6.45, 7) is 0. The smallest absolute Gasteiger partial charge is 0.116 e. The van der Waals surface area contributed by atoms with Crippen LogP contribution in [0.1, 0.15) is 0 Å². The van der Waals surface area contributed by atoms with Crippen molar-refractivity contribution in [2.24, 2.45) is 0 Å². The van der Waals surface area contributed by atoms with Gasteiger partial charge in [0.1, 0.15) is 12.0 Å². The summed E-state index contributed by atoms with van der Waals surface area (Å²) in [4.78, 5) is 12.2. The molecule has 0 saturated heterocycles. The second-order valence-electron chi connectivity index (χ2n) is 3.48. The second kappa shape index (κ2) is 4.13. The summed E-state index contributed by atoms with van der Waals surface area (Å²) in [5.74, 6) is 0. The summed E-state index contributed by atoms with van der Waals surface area (Å²) in [7, 11) is 0. The molecule has 0 amide bonds. The highest BCUT2D eigenvalue weighted by Gasteiger charge is 2.10. The van der Waals surface area contributed by atoms with E-state index in [1.165, 1.54) is 6.33 Å². The van der Waals surface area contributed by atoms with Gasteiger partial charge < -0.3 is 0 Å². The Morgan fingerprint density at radius 2 is 2.06 bits per heavy atom. The molecule has 0 saturated carbocycles. The molecule has 0 spiro atoms. The van der Waals surface area contributed by atoms with Crippen molar-refractivity contribution in [2.45, 2.75) is 0 Å². The van der Waals surface area contributed by atoms with E-state index in [0.29, 0.717) is 0 Å². The van der Waals surface area contributed by atoms with Crippen molar-refractivity contribution in [3.05, 3.63) is 49.3 Å². The van der Waals surface area contributed by atoms with Crippen molar-refractivity contribution in [2.75, 3.05) is 0 Å². The number of rotatable bonds is 2. The Morgan fingerprint density at radius 3 is 2.82 bits per heavy atom. The van der Waals surface area contributed by atoms with E-state index < -0.39 is 0 Å². The summed E-state index contributed by atoms with van der Waals surface area (Å²) in [6, 6.07) is 5.70. The molecule has 0 aliphatic carbocycles. The van der Waals surface area contributed by atoms with E-state index in [2.05, 4.69) is 25.1 Å². The van der Waals surface area contributed by atoms with Gasteiger partial charge in [-0.05, 0) is 18.2 Å². The molecule has 17 heavy (non-hydrogen) atoms. The topological polar surface area (TPSA) is 67.3 Å². The largest absolute Gasteiger partial charge is 0.284 e. The summed E-state index contributed by atoms with van der Waals surface area (Å²) < 4.78 is 0. The van der Waals surface area contributed by atoms with Crippen LogP contribution in [0.2, 0.25) is 0 Å². The maximum Gasteiger partial charge on any atom is 0.116 e. The average molecular weight is 223 g/mol. The fourth-order valence-corrected chi connectivity index (χ4v) is 1.66. The molecule has 0 aliphatic heterocycles. The van der Waals surface area contributed by atoms with Gasteiger partial charge in [0.25, 0.3) is 0 Å². The maximum absolute atomic E-state index is 4.24. The molecule has 1 N–H and O–H groups in total. The molecule has 3 aromatic heterocycles. The highest BCUT2D eigenvalue weighted by Crippen LogP contribution is 2.27. The maximum atomic E-state index is 4.24. The Bertz CT molecular complexity index is 549. The minimum atomic E-state index is 0.840. The predicted octanol–water partition coefficient (Wildman–Crippen LogP) is 1.93. The lowest BCUT2D eigenvalue weighted by molar-refractivity contribution is 1.09. The van der Waals surface area contributed by atoms with Gasteiger partial charge in [-0.3, -0.25) is 10.1 Å². The van der Waals surface area contributed by atoms with Gasteiger partial charge in [-0.15, -0.1) is 0 Å². The third-order valence-corrected chi connectivity index (χ3v) is 2.43. The molecule has 5 nitrogen and oxygen atoms in total. The number of nitrogens with one attached hydrogen (secondary N) is 1. The zero-order chi connectivity index (χ0) is 11.5. The van der Waals surface area contributed by atoms with Gasteiger partial charge in [0, 0.05) is 35.9 Å². The van der Waals surface area contributed by atoms with Gasteiger partial charge in [0.15, 0.2) is 0 Å². The van der Waals surface area contributed by atoms with Gasteiger partial charge in [0.05, 0.1) is 5.69 Å². The standard InChI is InChI=1S/C12H9N5/c1-2-9(6-13-4-1)12-10(7-16-17-12)11-3-5-14-8-15-11/h1-8H,(H,16,17). The van der Waals surface area contributed by atoms with Crippen LogP contribution in [0.15, 0.2) is 49.3 Å². The number of hydrogen-bond donors (Lipinski definition) is 1. The first-order valence-corrected chi connectivity index (χ1v) is 5.16. The van der Waals surface area contributed by atoms with E-state index in [-0.39, 0.29) is 0 Å². The molecule has 3 heterocycles. The van der Waals surface area contributed by atoms with Crippen molar-refractivity contribution in [1.29, 1.82) is 0 Å². The first kappa shape index (κ1) is 9.65. The van der Waals surface area contributed by atoms with Gasteiger partial charge >= 0.3 is 0 Å². The molecule has 3 aromatic rings. The quantitative estimate of drug-likeness (QED) is 0.720. The van der Waals surface area contributed by atoms with E-state index in [1.54, 1.807) is 18.6 Å². The van der Waals surface area contributed by atoms with Crippen LogP contribution >= 0.6 is 0 Å². The molecule has 0 unspecified atom stereocenters. The zero-order valence-electron chi connectivity index (χ0n) is 8.91. The number of aromatic nitrogens is 5. The first-order valence-electron chi connectivity index (χ1n) is 5.16. The normalized spacial score (nSPS) is 10.4. The van der Waals surface area contributed by atoms with Crippen LogP contribution in [0.25, 0.3) is 22.5 Å². The van der Waals surface area contributed by atoms with E-state index in [0.717, 1.165) is 22.5 Å². The van der Waals surface area contributed by atoms with Crippen LogP contribution in [0.5, 0.6) is 0 Å². The molecule has 0 radical (unpaired) electrons. The summed E-state index contributed by atoms with van der Waals surface area (Å²) in [5, 5.41) is 7.09. The summed E-state index contributed by atoms with van der Waals surface area (Å²) >= 11 is 0. The van der Waals surface area contributed by atoms with Crippen LogP contribution in [0.4, 0.5) is 0 Å². The number of aromatic amines is 1. The second-order valence-corrected chi connectivity index (χ2v) is 3.48. The van der Waals surface area contributed by atoms with E-state index in [4.69, 9.17) is 0 Å². The third-order valence-electron chi connectivity index (χ3n) is 2.43. The monoisotopic (exact) mass is 223 g/mol. The molecule has 0 aliphatic rings. The fourth-order valence-electron chi connectivity index (χ4n) is 1.66. The van der Waals surface area contributed by atoms with Crippen LogP contribution in [0.3, 0.4) is 0 Å². The molecule has 0 atom stereocenters. The lowest BCUT2D eigenvalue weighted by atomic mass is 10.1. The molecule has 0 bridgehead atoms. The van der Waals surface area contributed by atoms with E-state index >= 15 is 0 Å². The van der Waals surface area contributed by atoms with Gasteiger partial charge in [-0.1, -0.05) is 0 Å². The molecule has 3 rings (SSSR count). The number of H-pyrrole nitrogens is 1. The number of pyridine rings is 1. The minimum absolute atomic E-state index is 0.840. The van der Waals surface area contributed by atoms with Crippen molar-refractivity contribution in [1.82, 2.24) is 25.1 Å². The van der Waals surface area contributed by atoms with E-state index in [9.17, 15) is 0 Å². The molecular weight excluding hydrogens is 214 g/mol. The third kappa shape index (κ3) is 1.78. The van der Waals surface area contributed by atoms with Crippen LogP contribution < -0.4 is 0 Å². The Kier molecular flexibility index (Phi) is 2.34. The minimum Gasteiger partial charge on any atom is -0.284 e. The highest BCUT2D eigenvalue weighted by atomic mass is 15.1. The lowest BCUT2D eigenvalue weighted by Crippen LogP contribution is -1.86. The van der Waals surface area contributed by atoms with Crippen molar-refractivity contribution in [3.63, 3.8) is 0 Å². The zero-order valence-corrected chi connectivity index (χ0v) is 8.91. The van der Waals surface area contributed by atoms with Crippen molar-refractivity contribution < 1.29 is 0 Å². The first-order chi connectivity index (χ1) is 8.45.